The Bertz CT molecular complexity index is 159. The third-order valence-electron chi connectivity index (χ3n) is 3.08. The molecule has 0 amide bonds. The van der Waals surface area contributed by atoms with Crippen LogP contribution in [0.5, 0.6) is 0 Å². The van der Waals surface area contributed by atoms with Gasteiger partial charge in [0.2, 0.25) is 0 Å². The largest absolute Gasteiger partial charge is 0.392 e. The lowest BCUT2D eigenvalue weighted by Crippen LogP contribution is -2.28. The summed E-state index contributed by atoms with van der Waals surface area (Å²) >= 11 is 0. The van der Waals surface area contributed by atoms with E-state index < -0.39 is 5.60 Å². The Morgan fingerprint density at radius 1 is 1.18 bits per heavy atom. The van der Waals surface area contributed by atoms with Crippen molar-refractivity contribution in [2.24, 2.45) is 5.92 Å². The number of hydrogen-bond acceptors (Lipinski definition) is 2. The molecule has 0 fully saturated rings. The van der Waals surface area contributed by atoms with E-state index in [0.717, 1.165) is 6.42 Å². The van der Waals surface area contributed by atoms with Gasteiger partial charge in [-0.3, -0.25) is 0 Å². The fourth-order valence-corrected chi connectivity index (χ4v) is 1.41. The maximum absolute atomic E-state index is 9.69. The van der Waals surface area contributed by atoms with Gasteiger partial charge >= 0.3 is 0 Å². The van der Waals surface area contributed by atoms with Crippen LogP contribution >= 0.6 is 0 Å². The molecule has 0 aromatic carbocycles. The van der Waals surface area contributed by atoms with Gasteiger partial charge in [-0.05, 0) is 26.2 Å². The van der Waals surface area contributed by atoms with Crippen LogP contribution < -0.4 is 0 Å². The molecule has 0 saturated carbocycles. The molecular formula is C15H32O2. The van der Waals surface area contributed by atoms with Crippen molar-refractivity contribution < 1.29 is 10.2 Å². The Labute approximate surface area is 108 Å². The van der Waals surface area contributed by atoms with Crippen molar-refractivity contribution in [2.45, 2.75) is 71.8 Å². The predicted molar refractivity (Wildman–Crippen MR) is 76.1 cm³/mol. The highest BCUT2D eigenvalue weighted by atomic mass is 16.3. The SMILES string of the molecule is C=CCO.CCCCCCCC(C)C(C)(C)O. The third kappa shape index (κ3) is 15.7. The van der Waals surface area contributed by atoms with Crippen LogP contribution in [0.15, 0.2) is 12.7 Å². The van der Waals surface area contributed by atoms with Crippen LogP contribution in [0.1, 0.15) is 66.2 Å². The van der Waals surface area contributed by atoms with E-state index in [1.807, 2.05) is 13.8 Å². The molecule has 0 aliphatic heterocycles. The minimum atomic E-state index is -0.495. The van der Waals surface area contributed by atoms with Crippen LogP contribution in [-0.2, 0) is 0 Å². The Morgan fingerprint density at radius 2 is 1.65 bits per heavy atom. The van der Waals surface area contributed by atoms with E-state index in [9.17, 15) is 5.11 Å². The summed E-state index contributed by atoms with van der Waals surface area (Å²) in [5.74, 6) is 0.425. The van der Waals surface area contributed by atoms with Crippen LogP contribution in [-0.4, -0.2) is 22.4 Å². The van der Waals surface area contributed by atoms with Crippen LogP contribution in [0.4, 0.5) is 0 Å². The molecule has 17 heavy (non-hydrogen) atoms. The van der Waals surface area contributed by atoms with Gasteiger partial charge in [-0.2, -0.15) is 0 Å². The Hall–Kier alpha value is -0.340. The molecule has 1 unspecified atom stereocenters. The molecule has 2 heteroatoms. The summed E-state index contributed by atoms with van der Waals surface area (Å²) in [6, 6.07) is 0. The van der Waals surface area contributed by atoms with Crippen molar-refractivity contribution in [1.29, 1.82) is 0 Å². The summed E-state index contributed by atoms with van der Waals surface area (Å²) in [5, 5.41) is 17.4. The lowest BCUT2D eigenvalue weighted by Gasteiger charge is -2.25. The Balaban J connectivity index is 0. The summed E-state index contributed by atoms with van der Waals surface area (Å²) < 4.78 is 0. The second-order valence-electron chi connectivity index (χ2n) is 5.23. The summed E-state index contributed by atoms with van der Waals surface area (Å²) in [4.78, 5) is 0. The van der Waals surface area contributed by atoms with E-state index in [2.05, 4.69) is 20.4 Å². The van der Waals surface area contributed by atoms with Crippen LogP contribution in [0.3, 0.4) is 0 Å². The van der Waals surface area contributed by atoms with E-state index in [4.69, 9.17) is 5.11 Å². The molecule has 0 heterocycles. The number of aliphatic hydroxyl groups is 2. The van der Waals surface area contributed by atoms with E-state index in [1.54, 1.807) is 0 Å². The maximum Gasteiger partial charge on any atom is 0.0617 e. The number of hydrogen-bond donors (Lipinski definition) is 2. The first-order chi connectivity index (χ1) is 7.90. The van der Waals surface area contributed by atoms with E-state index >= 15 is 0 Å². The molecular weight excluding hydrogens is 212 g/mol. The van der Waals surface area contributed by atoms with Gasteiger partial charge < -0.3 is 10.2 Å². The zero-order chi connectivity index (χ0) is 13.7. The molecule has 0 spiro atoms. The third-order valence-corrected chi connectivity index (χ3v) is 3.08. The van der Waals surface area contributed by atoms with Gasteiger partial charge in [0, 0.05) is 0 Å². The molecule has 2 N–H and O–H groups in total. The van der Waals surface area contributed by atoms with Crippen LogP contribution in [0.2, 0.25) is 0 Å². The summed E-state index contributed by atoms with van der Waals surface area (Å²) in [6.07, 6.45) is 9.21. The zero-order valence-corrected chi connectivity index (χ0v) is 12.2. The first-order valence-electron chi connectivity index (χ1n) is 6.84. The van der Waals surface area contributed by atoms with E-state index in [1.165, 1.54) is 38.2 Å². The lowest BCUT2D eigenvalue weighted by molar-refractivity contribution is 0.0203. The fourth-order valence-electron chi connectivity index (χ4n) is 1.41. The molecule has 0 aliphatic carbocycles. The van der Waals surface area contributed by atoms with Crippen molar-refractivity contribution in [2.75, 3.05) is 6.61 Å². The number of aliphatic hydroxyl groups excluding tert-OH is 1. The highest BCUT2D eigenvalue weighted by Crippen LogP contribution is 2.22. The molecule has 0 rings (SSSR count). The number of unbranched alkanes of at least 4 members (excludes halogenated alkanes) is 4. The summed E-state index contributed by atoms with van der Waals surface area (Å²) in [5.41, 5.74) is -0.495. The standard InChI is InChI=1S/C12H26O.C3H6O/c1-5-6-7-8-9-10-11(2)12(3,4)13;1-2-3-4/h11,13H,5-10H2,1-4H3;2,4H,1,3H2. The van der Waals surface area contributed by atoms with Gasteiger partial charge in [-0.25, -0.2) is 0 Å². The molecule has 0 radical (unpaired) electrons. The predicted octanol–water partition coefficient (Wildman–Crippen LogP) is 3.92. The Morgan fingerprint density at radius 3 is 2.00 bits per heavy atom. The van der Waals surface area contributed by atoms with Crippen LogP contribution in [0.25, 0.3) is 0 Å². The maximum atomic E-state index is 9.69. The van der Waals surface area contributed by atoms with E-state index in [-0.39, 0.29) is 6.61 Å². The molecule has 0 bridgehead atoms. The smallest absolute Gasteiger partial charge is 0.0617 e. The van der Waals surface area contributed by atoms with Gasteiger partial charge in [0.25, 0.3) is 0 Å². The van der Waals surface area contributed by atoms with Gasteiger partial charge in [0.05, 0.1) is 12.2 Å². The molecule has 0 aromatic heterocycles. The van der Waals surface area contributed by atoms with Gasteiger partial charge in [-0.1, -0.05) is 52.0 Å². The van der Waals surface area contributed by atoms with Gasteiger partial charge in [0.1, 0.15) is 0 Å². The average Bonchev–Trinajstić information content (AvgIpc) is 2.27. The van der Waals surface area contributed by atoms with Gasteiger partial charge in [-0.15, -0.1) is 6.58 Å². The molecule has 0 aromatic rings. The molecule has 1 atom stereocenters. The first-order valence-corrected chi connectivity index (χ1v) is 6.84. The van der Waals surface area contributed by atoms with Crippen molar-refractivity contribution in [3.05, 3.63) is 12.7 Å². The minimum absolute atomic E-state index is 0.0833. The molecule has 0 aliphatic rings. The highest BCUT2D eigenvalue weighted by molar-refractivity contribution is 4.72. The van der Waals surface area contributed by atoms with Gasteiger partial charge in [0.15, 0.2) is 0 Å². The first kappa shape index (κ1) is 19.0. The van der Waals surface area contributed by atoms with E-state index in [0.29, 0.717) is 5.92 Å². The topological polar surface area (TPSA) is 40.5 Å². The van der Waals surface area contributed by atoms with Crippen molar-refractivity contribution >= 4 is 0 Å². The summed E-state index contributed by atoms with van der Waals surface area (Å²) in [6.45, 7) is 11.5. The van der Waals surface area contributed by atoms with Crippen LogP contribution in [0, 0.1) is 5.92 Å². The van der Waals surface area contributed by atoms with Crippen molar-refractivity contribution in [1.82, 2.24) is 0 Å². The minimum Gasteiger partial charge on any atom is -0.392 e. The lowest BCUT2D eigenvalue weighted by atomic mass is 9.88. The molecule has 104 valence electrons. The fraction of sp³-hybridized carbons (Fsp3) is 0.867. The monoisotopic (exact) mass is 244 g/mol. The summed E-state index contributed by atoms with van der Waals surface area (Å²) in [7, 11) is 0. The highest BCUT2D eigenvalue weighted by Gasteiger charge is 2.21. The van der Waals surface area contributed by atoms with Crippen molar-refractivity contribution in [3.63, 3.8) is 0 Å². The molecule has 2 nitrogen and oxygen atoms in total. The normalized spacial score (nSPS) is 12.6. The second kappa shape index (κ2) is 12.1. The zero-order valence-electron chi connectivity index (χ0n) is 12.2. The number of rotatable bonds is 8. The second-order valence-corrected chi connectivity index (χ2v) is 5.23. The molecule has 0 saturated heterocycles. The Kier molecular flexibility index (Phi) is 13.6. The average molecular weight is 244 g/mol. The quantitative estimate of drug-likeness (QED) is 0.502. The van der Waals surface area contributed by atoms with Crippen molar-refractivity contribution in [3.8, 4) is 0 Å².